The lowest BCUT2D eigenvalue weighted by atomic mass is 9.81. The van der Waals surface area contributed by atoms with E-state index in [4.69, 9.17) is 4.74 Å². The summed E-state index contributed by atoms with van der Waals surface area (Å²) in [6.45, 7) is 6.79. The molecule has 17 heavy (non-hydrogen) atoms. The molecule has 0 spiro atoms. The maximum absolute atomic E-state index is 5.53. The standard InChI is InChI=1S/C14H26BrNO/c1-2-3-8-16(13-4-5-13)12-14(11-15)6-9-17-10-7-14/h13H,2-12H2,1H3. The molecular formula is C14H26BrNO. The summed E-state index contributed by atoms with van der Waals surface area (Å²) in [6.07, 6.45) is 7.98. The summed E-state index contributed by atoms with van der Waals surface area (Å²) in [5.41, 5.74) is 0.481. The van der Waals surface area contributed by atoms with E-state index in [1.54, 1.807) is 0 Å². The van der Waals surface area contributed by atoms with Crippen molar-refractivity contribution in [1.29, 1.82) is 0 Å². The molecule has 1 heterocycles. The minimum Gasteiger partial charge on any atom is -0.381 e. The molecule has 0 radical (unpaired) electrons. The molecule has 1 saturated heterocycles. The highest BCUT2D eigenvalue weighted by atomic mass is 79.9. The Balaban J connectivity index is 1.89. The molecular weight excluding hydrogens is 278 g/mol. The molecule has 2 rings (SSSR count). The van der Waals surface area contributed by atoms with E-state index in [-0.39, 0.29) is 0 Å². The molecule has 3 heteroatoms. The van der Waals surface area contributed by atoms with Crippen LogP contribution >= 0.6 is 15.9 Å². The number of halogens is 1. The van der Waals surface area contributed by atoms with E-state index < -0.39 is 0 Å². The number of ether oxygens (including phenoxy) is 1. The summed E-state index contributed by atoms with van der Waals surface area (Å²) in [5, 5.41) is 1.14. The normalized spacial score (nSPS) is 24.2. The number of nitrogens with zero attached hydrogens (tertiary/aromatic N) is 1. The number of alkyl halides is 1. The molecule has 1 aliphatic heterocycles. The Hall–Kier alpha value is 0.400. The molecule has 0 aromatic rings. The monoisotopic (exact) mass is 303 g/mol. The third kappa shape index (κ3) is 3.93. The molecule has 1 aliphatic carbocycles. The van der Waals surface area contributed by atoms with Gasteiger partial charge in [-0.2, -0.15) is 0 Å². The van der Waals surface area contributed by atoms with Gasteiger partial charge in [-0.1, -0.05) is 29.3 Å². The zero-order valence-electron chi connectivity index (χ0n) is 11.1. The lowest BCUT2D eigenvalue weighted by Crippen LogP contribution is -2.44. The number of hydrogen-bond donors (Lipinski definition) is 0. The van der Waals surface area contributed by atoms with Crippen LogP contribution in [-0.2, 0) is 4.74 Å². The largest absolute Gasteiger partial charge is 0.381 e. The first-order chi connectivity index (χ1) is 8.29. The summed E-state index contributed by atoms with van der Waals surface area (Å²) in [4.78, 5) is 2.76. The second-order valence-corrected chi connectivity index (χ2v) is 6.36. The van der Waals surface area contributed by atoms with Crippen LogP contribution in [0.25, 0.3) is 0 Å². The van der Waals surface area contributed by atoms with E-state index in [9.17, 15) is 0 Å². The molecule has 0 aromatic carbocycles. The van der Waals surface area contributed by atoms with Crippen LogP contribution < -0.4 is 0 Å². The average Bonchev–Trinajstić information content (AvgIpc) is 3.20. The molecule has 0 N–H and O–H groups in total. The Labute approximate surface area is 114 Å². The van der Waals surface area contributed by atoms with Gasteiger partial charge in [0.25, 0.3) is 0 Å². The van der Waals surface area contributed by atoms with Crippen LogP contribution in [0.5, 0.6) is 0 Å². The van der Waals surface area contributed by atoms with Crippen molar-refractivity contribution in [3.05, 3.63) is 0 Å². The Morgan fingerprint density at radius 3 is 2.53 bits per heavy atom. The Morgan fingerprint density at radius 2 is 2.00 bits per heavy atom. The third-order valence-electron chi connectivity index (χ3n) is 4.24. The quantitative estimate of drug-likeness (QED) is 0.668. The molecule has 2 fully saturated rings. The molecule has 0 unspecified atom stereocenters. The fourth-order valence-electron chi connectivity index (χ4n) is 2.76. The smallest absolute Gasteiger partial charge is 0.0472 e. The third-order valence-corrected chi connectivity index (χ3v) is 5.43. The van der Waals surface area contributed by atoms with Crippen LogP contribution in [0.1, 0.15) is 45.4 Å². The molecule has 1 saturated carbocycles. The zero-order chi connectivity index (χ0) is 12.1. The molecule has 0 aromatic heterocycles. The molecule has 0 amide bonds. The summed E-state index contributed by atoms with van der Waals surface area (Å²) in [6, 6.07) is 0.903. The van der Waals surface area contributed by atoms with E-state index >= 15 is 0 Å². The van der Waals surface area contributed by atoms with Crippen LogP contribution in [0.15, 0.2) is 0 Å². The maximum atomic E-state index is 5.53. The predicted octanol–water partition coefficient (Wildman–Crippen LogP) is 3.44. The summed E-state index contributed by atoms with van der Waals surface area (Å²) >= 11 is 3.75. The molecule has 0 bridgehead atoms. The molecule has 2 nitrogen and oxygen atoms in total. The topological polar surface area (TPSA) is 12.5 Å². The number of rotatable bonds is 7. The van der Waals surface area contributed by atoms with Gasteiger partial charge in [-0.15, -0.1) is 0 Å². The summed E-state index contributed by atoms with van der Waals surface area (Å²) in [7, 11) is 0. The second-order valence-electron chi connectivity index (χ2n) is 5.80. The van der Waals surface area contributed by atoms with Crippen LogP contribution in [-0.4, -0.2) is 42.6 Å². The van der Waals surface area contributed by atoms with Crippen molar-refractivity contribution in [2.45, 2.75) is 51.5 Å². The van der Waals surface area contributed by atoms with Gasteiger partial charge in [0.05, 0.1) is 0 Å². The van der Waals surface area contributed by atoms with Crippen molar-refractivity contribution >= 4 is 15.9 Å². The first kappa shape index (κ1) is 13.8. The Morgan fingerprint density at radius 1 is 1.29 bits per heavy atom. The SMILES string of the molecule is CCCCN(CC1(CBr)CCOCC1)C1CC1. The Kier molecular flexibility index (Phi) is 5.31. The van der Waals surface area contributed by atoms with E-state index in [0.29, 0.717) is 5.41 Å². The van der Waals surface area contributed by atoms with Crippen molar-refractivity contribution in [3.8, 4) is 0 Å². The van der Waals surface area contributed by atoms with E-state index in [0.717, 1.165) is 24.6 Å². The zero-order valence-corrected chi connectivity index (χ0v) is 12.7. The minimum absolute atomic E-state index is 0.481. The van der Waals surface area contributed by atoms with Gasteiger partial charge in [0.15, 0.2) is 0 Å². The van der Waals surface area contributed by atoms with Crippen LogP contribution in [0.4, 0.5) is 0 Å². The lowest BCUT2D eigenvalue weighted by molar-refractivity contribution is 0.00649. The van der Waals surface area contributed by atoms with Gasteiger partial charge in [-0.25, -0.2) is 0 Å². The highest BCUT2D eigenvalue weighted by molar-refractivity contribution is 9.09. The van der Waals surface area contributed by atoms with E-state index in [2.05, 4.69) is 27.8 Å². The van der Waals surface area contributed by atoms with Crippen molar-refractivity contribution < 1.29 is 4.74 Å². The second kappa shape index (κ2) is 6.53. The van der Waals surface area contributed by atoms with Crippen molar-refractivity contribution in [2.24, 2.45) is 5.41 Å². The van der Waals surface area contributed by atoms with Crippen LogP contribution in [0, 0.1) is 5.41 Å². The Bertz CT molecular complexity index is 224. The average molecular weight is 304 g/mol. The van der Waals surface area contributed by atoms with Gasteiger partial charge < -0.3 is 4.74 Å². The van der Waals surface area contributed by atoms with Gasteiger partial charge in [0.2, 0.25) is 0 Å². The fraction of sp³-hybridized carbons (Fsp3) is 1.00. The molecule has 100 valence electrons. The van der Waals surface area contributed by atoms with Gasteiger partial charge in [0.1, 0.15) is 0 Å². The number of unbranched alkanes of at least 4 members (excludes halogenated alkanes) is 1. The molecule has 0 atom stereocenters. The van der Waals surface area contributed by atoms with Gasteiger partial charge in [0, 0.05) is 31.1 Å². The van der Waals surface area contributed by atoms with E-state index in [1.807, 2.05) is 0 Å². The predicted molar refractivity (Wildman–Crippen MR) is 75.8 cm³/mol. The van der Waals surface area contributed by atoms with Crippen molar-refractivity contribution in [3.63, 3.8) is 0 Å². The summed E-state index contributed by atoms with van der Waals surface area (Å²) < 4.78 is 5.53. The van der Waals surface area contributed by atoms with Gasteiger partial charge in [-0.3, -0.25) is 4.90 Å². The lowest BCUT2D eigenvalue weighted by Gasteiger charge is -2.40. The number of hydrogen-bond acceptors (Lipinski definition) is 2. The van der Waals surface area contributed by atoms with E-state index in [1.165, 1.54) is 51.6 Å². The first-order valence-electron chi connectivity index (χ1n) is 7.17. The fourth-order valence-corrected chi connectivity index (χ4v) is 3.50. The van der Waals surface area contributed by atoms with Crippen molar-refractivity contribution in [2.75, 3.05) is 31.6 Å². The van der Waals surface area contributed by atoms with Crippen LogP contribution in [0.2, 0.25) is 0 Å². The van der Waals surface area contributed by atoms with Crippen LogP contribution in [0.3, 0.4) is 0 Å². The minimum atomic E-state index is 0.481. The molecule has 2 aliphatic rings. The highest BCUT2D eigenvalue weighted by Gasteiger charge is 2.37. The maximum Gasteiger partial charge on any atom is 0.0472 e. The van der Waals surface area contributed by atoms with Gasteiger partial charge in [-0.05, 0) is 44.1 Å². The van der Waals surface area contributed by atoms with Crippen molar-refractivity contribution in [1.82, 2.24) is 4.90 Å². The summed E-state index contributed by atoms with van der Waals surface area (Å²) in [5.74, 6) is 0. The highest BCUT2D eigenvalue weighted by Crippen LogP contribution is 2.37. The van der Waals surface area contributed by atoms with Gasteiger partial charge >= 0.3 is 0 Å². The first-order valence-corrected chi connectivity index (χ1v) is 8.29.